The largest absolute Gasteiger partial charge is 0.444 e. The number of anilines is 1. The third-order valence-electron chi connectivity index (χ3n) is 7.02. The highest BCUT2D eigenvalue weighted by atomic mass is 32.2. The van der Waals surface area contributed by atoms with E-state index in [-0.39, 0.29) is 0 Å². The Morgan fingerprint density at radius 3 is 2.39 bits per heavy atom. The van der Waals surface area contributed by atoms with E-state index in [1.165, 1.54) is 16.5 Å². The zero-order chi connectivity index (χ0) is 26.1. The molecule has 194 valence electrons. The van der Waals surface area contributed by atoms with Crippen LogP contribution < -0.4 is 10.0 Å². The number of urea groups is 1. The number of nitrogens with zero attached hydrogens (tertiary/aromatic N) is 3. The summed E-state index contributed by atoms with van der Waals surface area (Å²) in [6.45, 7) is 14.9. The van der Waals surface area contributed by atoms with E-state index in [0.29, 0.717) is 13.0 Å². The monoisotopic (exact) mass is 513 g/mol. The van der Waals surface area contributed by atoms with Gasteiger partial charge in [-0.25, -0.2) is 18.5 Å². The Balaban J connectivity index is 1.54. The number of aryl methyl sites for hydroxylation is 2. The zero-order valence-electron chi connectivity index (χ0n) is 21.5. The lowest BCUT2D eigenvalue weighted by atomic mass is 9.99. The quantitative estimate of drug-likeness (QED) is 0.421. The van der Waals surface area contributed by atoms with E-state index in [1.54, 1.807) is 31.7 Å². The minimum absolute atomic E-state index is 0.460. The number of carbonyl (C=O) groups excluding carboxylic acids is 2. The molecule has 10 heteroatoms. The summed E-state index contributed by atoms with van der Waals surface area (Å²) in [6, 6.07) is 1.61. The fourth-order valence-electron chi connectivity index (χ4n) is 5.40. The van der Waals surface area contributed by atoms with Crippen LogP contribution in [0.1, 0.15) is 75.6 Å². The SMILES string of the molecule is [C-]#[N+]N=S(=O)(/C=C/[C@@]1(C)CCCN1C(=O)OC(C)(C)C)NC(=O)Nc1c2c(cc3c1CCC3)CCC2. The molecule has 0 bridgehead atoms. The van der Waals surface area contributed by atoms with E-state index in [0.717, 1.165) is 61.8 Å². The number of rotatable bonds is 4. The minimum atomic E-state index is -3.55. The van der Waals surface area contributed by atoms with Crippen molar-refractivity contribution in [1.82, 2.24) is 9.62 Å². The number of carbonyl (C=O) groups is 2. The van der Waals surface area contributed by atoms with Crippen LogP contribution >= 0.6 is 0 Å². The summed E-state index contributed by atoms with van der Waals surface area (Å²) in [5.41, 5.74) is 4.25. The molecule has 1 heterocycles. The maximum atomic E-state index is 13.5. The molecule has 1 aliphatic heterocycles. The second-order valence-corrected chi connectivity index (χ2v) is 12.7. The van der Waals surface area contributed by atoms with Crippen LogP contribution in [-0.4, -0.2) is 38.9 Å². The van der Waals surface area contributed by atoms with Crippen LogP contribution in [0.4, 0.5) is 15.3 Å². The van der Waals surface area contributed by atoms with Crippen LogP contribution in [-0.2, 0) is 40.3 Å². The smallest absolute Gasteiger partial charge is 0.410 e. The Kier molecular flexibility index (Phi) is 7.06. The van der Waals surface area contributed by atoms with Gasteiger partial charge in [-0.05, 0) is 107 Å². The molecule has 3 amide bonds. The number of fused-ring (bicyclic) bond motifs is 2. The van der Waals surface area contributed by atoms with Crippen molar-refractivity contribution in [2.75, 3.05) is 11.9 Å². The number of hydrogen-bond acceptors (Lipinski definition) is 5. The van der Waals surface area contributed by atoms with Gasteiger partial charge in [0, 0.05) is 17.6 Å². The second-order valence-electron chi connectivity index (χ2n) is 10.9. The summed E-state index contributed by atoms with van der Waals surface area (Å²) in [6.07, 6.45) is 8.41. The van der Waals surface area contributed by atoms with Gasteiger partial charge in [0.15, 0.2) is 4.47 Å². The lowest BCUT2D eigenvalue weighted by molar-refractivity contribution is 0.0169. The van der Waals surface area contributed by atoms with Gasteiger partial charge >= 0.3 is 12.1 Å². The van der Waals surface area contributed by atoms with Crippen molar-refractivity contribution in [3.05, 3.63) is 51.3 Å². The number of ether oxygens (including phenoxy) is 1. The lowest BCUT2D eigenvalue weighted by Gasteiger charge is -2.34. The molecule has 0 aromatic heterocycles. The van der Waals surface area contributed by atoms with Crippen LogP contribution in [0.25, 0.3) is 4.95 Å². The molecule has 0 radical (unpaired) electrons. The molecule has 4 rings (SSSR count). The van der Waals surface area contributed by atoms with Crippen molar-refractivity contribution < 1.29 is 18.5 Å². The first-order valence-corrected chi connectivity index (χ1v) is 14.1. The fraction of sp³-hybridized carbons (Fsp3) is 0.577. The molecule has 3 aliphatic rings. The fourth-order valence-corrected chi connectivity index (χ4v) is 6.47. The third kappa shape index (κ3) is 5.51. The minimum Gasteiger partial charge on any atom is -0.444 e. The topological polar surface area (TPSA) is 104 Å². The van der Waals surface area contributed by atoms with E-state index in [4.69, 9.17) is 11.3 Å². The highest BCUT2D eigenvalue weighted by molar-refractivity contribution is 7.95. The molecular weight excluding hydrogens is 478 g/mol. The number of nitrogens with one attached hydrogen (secondary N) is 2. The van der Waals surface area contributed by atoms with E-state index >= 15 is 0 Å². The molecule has 0 spiro atoms. The van der Waals surface area contributed by atoms with Gasteiger partial charge in [0.1, 0.15) is 5.60 Å². The lowest BCUT2D eigenvalue weighted by Crippen LogP contribution is -2.46. The Hall–Kier alpha value is -3.06. The van der Waals surface area contributed by atoms with Gasteiger partial charge in [0.05, 0.1) is 5.54 Å². The number of benzene rings is 1. The number of likely N-dealkylation sites (tertiary alicyclic amines) is 1. The van der Waals surface area contributed by atoms with Gasteiger partial charge in [-0.15, -0.1) is 4.95 Å². The molecule has 1 aromatic rings. The normalized spacial score (nSPS) is 22.5. The Bertz CT molecular complexity index is 1230. The molecule has 1 saturated heterocycles. The molecule has 9 nitrogen and oxygen atoms in total. The molecule has 1 aromatic carbocycles. The van der Waals surface area contributed by atoms with Gasteiger partial charge < -0.3 is 10.1 Å². The Morgan fingerprint density at radius 2 is 1.81 bits per heavy atom. The van der Waals surface area contributed by atoms with Gasteiger partial charge in [0.2, 0.25) is 9.92 Å². The van der Waals surface area contributed by atoms with Gasteiger partial charge in [-0.3, -0.25) is 4.90 Å². The molecule has 1 fully saturated rings. The molecule has 2 N–H and O–H groups in total. The standard InChI is InChI=1S/C26H35N5O4S/c1-25(2,3)35-24(33)31-15-8-13-26(31,4)14-16-36(34,30-27-5)29-23(32)28-22-20-11-6-9-18(20)17-19-10-7-12-21(19)22/h14,16-17H,6-13,15H2,1-4H3,(H2,28,29,30,32,34)/b16-14+/t26-,36?/m1/s1. The molecule has 0 saturated carbocycles. The molecular formula is C26H35N5O4S. The number of amides is 3. The first-order valence-electron chi connectivity index (χ1n) is 12.5. The van der Waals surface area contributed by atoms with Gasteiger partial charge in [0.25, 0.3) is 0 Å². The number of hydrogen-bond donors (Lipinski definition) is 2. The zero-order valence-corrected chi connectivity index (χ0v) is 22.3. The molecule has 36 heavy (non-hydrogen) atoms. The predicted octanol–water partition coefficient (Wildman–Crippen LogP) is 5.31. The summed E-state index contributed by atoms with van der Waals surface area (Å²) in [5, 5.41) is 4.18. The summed E-state index contributed by atoms with van der Waals surface area (Å²) in [7, 11) is -3.55. The maximum absolute atomic E-state index is 13.5. The molecule has 1 unspecified atom stereocenters. The first kappa shape index (κ1) is 26.0. The first-order chi connectivity index (χ1) is 16.9. The van der Waals surface area contributed by atoms with Crippen LogP contribution in [0.2, 0.25) is 0 Å². The summed E-state index contributed by atoms with van der Waals surface area (Å²) >= 11 is 0. The second kappa shape index (κ2) is 9.77. The third-order valence-corrected chi connectivity index (χ3v) is 8.33. The highest BCUT2D eigenvalue weighted by Gasteiger charge is 2.40. The summed E-state index contributed by atoms with van der Waals surface area (Å²) < 4.78 is 25.0. The van der Waals surface area contributed by atoms with Gasteiger partial charge in [-0.1, -0.05) is 6.07 Å². The van der Waals surface area contributed by atoms with Crippen molar-refractivity contribution in [1.29, 1.82) is 0 Å². The Morgan fingerprint density at radius 1 is 1.17 bits per heavy atom. The van der Waals surface area contributed by atoms with E-state index in [2.05, 4.69) is 25.5 Å². The average Bonchev–Trinajstić information content (AvgIpc) is 3.51. The molecule has 2 atom stereocenters. The van der Waals surface area contributed by atoms with E-state index in [1.807, 2.05) is 6.92 Å². The van der Waals surface area contributed by atoms with Crippen molar-refractivity contribution in [3.63, 3.8) is 0 Å². The predicted molar refractivity (Wildman–Crippen MR) is 140 cm³/mol. The van der Waals surface area contributed by atoms with Crippen molar-refractivity contribution in [2.24, 2.45) is 4.47 Å². The van der Waals surface area contributed by atoms with Crippen molar-refractivity contribution in [2.45, 2.75) is 90.2 Å². The highest BCUT2D eigenvalue weighted by Crippen LogP contribution is 2.38. The molecule has 2 aliphatic carbocycles. The van der Waals surface area contributed by atoms with E-state index in [9.17, 15) is 13.8 Å². The van der Waals surface area contributed by atoms with Gasteiger partial charge in [-0.2, -0.15) is 6.57 Å². The summed E-state index contributed by atoms with van der Waals surface area (Å²) in [5.74, 6) is 0. The van der Waals surface area contributed by atoms with Crippen LogP contribution in [0.15, 0.2) is 22.0 Å². The van der Waals surface area contributed by atoms with Crippen LogP contribution in [0.5, 0.6) is 0 Å². The van der Waals surface area contributed by atoms with Crippen LogP contribution in [0.3, 0.4) is 0 Å². The van der Waals surface area contributed by atoms with Crippen LogP contribution in [0, 0.1) is 6.57 Å². The average molecular weight is 514 g/mol. The maximum Gasteiger partial charge on any atom is 0.410 e. The summed E-state index contributed by atoms with van der Waals surface area (Å²) in [4.78, 5) is 30.3. The van der Waals surface area contributed by atoms with Crippen molar-refractivity contribution in [3.8, 4) is 0 Å². The van der Waals surface area contributed by atoms with Crippen molar-refractivity contribution >= 4 is 27.7 Å². The Labute approximate surface area is 213 Å². The van der Waals surface area contributed by atoms with E-state index < -0.39 is 33.2 Å².